The van der Waals surface area contributed by atoms with Gasteiger partial charge in [-0.1, -0.05) is 58.9 Å². The van der Waals surface area contributed by atoms with Gasteiger partial charge < -0.3 is 10.1 Å². The molecule has 0 heterocycles. The quantitative estimate of drug-likeness (QED) is 0.686. The summed E-state index contributed by atoms with van der Waals surface area (Å²) in [6.07, 6.45) is 2.30. The Labute approximate surface area is 131 Å². The third kappa shape index (κ3) is 5.44. The number of ether oxygens (including phenoxy) is 1. The van der Waals surface area contributed by atoms with Crippen LogP contribution in [0.2, 0.25) is 0 Å². The fraction of sp³-hybridized carbons (Fsp3) is 0.684. The molecule has 0 amide bonds. The van der Waals surface area contributed by atoms with Gasteiger partial charge in [0.25, 0.3) is 0 Å². The molecule has 0 radical (unpaired) electrons. The van der Waals surface area contributed by atoms with Crippen molar-refractivity contribution in [2.24, 2.45) is 0 Å². The Hall–Kier alpha value is -0.860. The standard InChI is InChI=1S/C19H33NO/c1-7-18(2,3)16-8-10-17(11-9-16)19(4,5)12-13-20-14-15-21-6/h8-11,20H,7,12-15H2,1-6H3. The topological polar surface area (TPSA) is 21.3 Å². The average Bonchev–Trinajstić information content (AvgIpc) is 2.47. The van der Waals surface area contributed by atoms with Crippen LogP contribution >= 0.6 is 0 Å². The fourth-order valence-electron chi connectivity index (χ4n) is 2.42. The van der Waals surface area contributed by atoms with Gasteiger partial charge in [-0.05, 0) is 41.3 Å². The molecule has 2 heteroatoms. The summed E-state index contributed by atoms with van der Waals surface area (Å²) in [7, 11) is 1.74. The Morgan fingerprint density at radius 2 is 1.43 bits per heavy atom. The highest BCUT2D eigenvalue weighted by Gasteiger charge is 2.22. The van der Waals surface area contributed by atoms with E-state index < -0.39 is 0 Å². The first-order valence-corrected chi connectivity index (χ1v) is 8.14. The highest BCUT2D eigenvalue weighted by atomic mass is 16.5. The van der Waals surface area contributed by atoms with E-state index in [0.717, 1.165) is 26.1 Å². The first-order valence-electron chi connectivity index (χ1n) is 8.14. The van der Waals surface area contributed by atoms with Crippen LogP contribution in [-0.2, 0) is 15.6 Å². The summed E-state index contributed by atoms with van der Waals surface area (Å²) in [6, 6.07) is 9.22. The lowest BCUT2D eigenvalue weighted by Crippen LogP contribution is -2.27. The van der Waals surface area contributed by atoms with Crippen LogP contribution in [0.25, 0.3) is 0 Å². The monoisotopic (exact) mass is 291 g/mol. The predicted molar refractivity (Wildman–Crippen MR) is 92.1 cm³/mol. The smallest absolute Gasteiger partial charge is 0.0587 e. The lowest BCUT2D eigenvalue weighted by Gasteiger charge is -2.28. The minimum absolute atomic E-state index is 0.203. The van der Waals surface area contributed by atoms with Crippen molar-refractivity contribution in [3.8, 4) is 0 Å². The zero-order chi connectivity index (χ0) is 15.9. The molecule has 1 N–H and O–H groups in total. The van der Waals surface area contributed by atoms with Crippen LogP contribution in [0.4, 0.5) is 0 Å². The van der Waals surface area contributed by atoms with E-state index in [-0.39, 0.29) is 10.8 Å². The lowest BCUT2D eigenvalue weighted by atomic mass is 9.78. The van der Waals surface area contributed by atoms with E-state index >= 15 is 0 Å². The highest BCUT2D eigenvalue weighted by Crippen LogP contribution is 2.31. The average molecular weight is 291 g/mol. The number of hydrogen-bond acceptors (Lipinski definition) is 2. The summed E-state index contributed by atoms with van der Waals surface area (Å²) >= 11 is 0. The van der Waals surface area contributed by atoms with Crippen molar-refractivity contribution in [2.75, 3.05) is 26.8 Å². The van der Waals surface area contributed by atoms with Gasteiger partial charge in [0.15, 0.2) is 0 Å². The Kier molecular flexibility index (Phi) is 6.89. The van der Waals surface area contributed by atoms with E-state index in [1.807, 2.05) is 0 Å². The first kappa shape index (κ1) is 18.2. The third-order valence-electron chi connectivity index (χ3n) is 4.74. The molecule has 0 saturated carbocycles. The summed E-state index contributed by atoms with van der Waals surface area (Å²) in [4.78, 5) is 0. The van der Waals surface area contributed by atoms with Gasteiger partial charge in [-0.2, -0.15) is 0 Å². The van der Waals surface area contributed by atoms with Crippen molar-refractivity contribution < 1.29 is 4.74 Å². The molecule has 0 saturated heterocycles. The summed E-state index contributed by atoms with van der Waals surface area (Å²) in [5, 5.41) is 3.43. The van der Waals surface area contributed by atoms with Crippen molar-refractivity contribution in [1.29, 1.82) is 0 Å². The second-order valence-electron chi connectivity index (χ2n) is 7.19. The van der Waals surface area contributed by atoms with E-state index in [0.29, 0.717) is 0 Å². The van der Waals surface area contributed by atoms with Gasteiger partial charge in [-0.3, -0.25) is 0 Å². The molecular weight excluding hydrogens is 258 g/mol. The molecule has 0 bridgehead atoms. The fourth-order valence-corrected chi connectivity index (χ4v) is 2.42. The molecule has 120 valence electrons. The number of methoxy groups -OCH3 is 1. The summed E-state index contributed by atoms with van der Waals surface area (Å²) < 4.78 is 5.05. The van der Waals surface area contributed by atoms with Gasteiger partial charge in [0, 0.05) is 13.7 Å². The van der Waals surface area contributed by atoms with Gasteiger partial charge >= 0.3 is 0 Å². The van der Waals surface area contributed by atoms with Gasteiger partial charge in [-0.25, -0.2) is 0 Å². The molecule has 0 aliphatic carbocycles. The number of nitrogens with one attached hydrogen (secondary N) is 1. The van der Waals surface area contributed by atoms with Crippen molar-refractivity contribution >= 4 is 0 Å². The zero-order valence-corrected chi connectivity index (χ0v) is 14.8. The van der Waals surface area contributed by atoms with Crippen LogP contribution in [-0.4, -0.2) is 26.8 Å². The van der Waals surface area contributed by atoms with Crippen molar-refractivity contribution in [2.45, 2.75) is 58.3 Å². The molecule has 1 rings (SSSR count). The molecule has 0 aliphatic heterocycles. The largest absolute Gasteiger partial charge is 0.383 e. The SMILES string of the molecule is CCC(C)(C)c1ccc(C(C)(C)CCNCCOC)cc1. The molecule has 0 aromatic heterocycles. The predicted octanol–water partition coefficient (Wildman–Crippen LogP) is 4.28. The first-order chi connectivity index (χ1) is 9.83. The van der Waals surface area contributed by atoms with Crippen LogP contribution in [0.3, 0.4) is 0 Å². The lowest BCUT2D eigenvalue weighted by molar-refractivity contribution is 0.198. The minimum atomic E-state index is 0.203. The Balaban J connectivity index is 2.62. The van der Waals surface area contributed by atoms with E-state index in [2.05, 4.69) is 64.2 Å². The molecule has 2 nitrogen and oxygen atoms in total. The van der Waals surface area contributed by atoms with Crippen LogP contribution in [0, 0.1) is 0 Å². The number of benzene rings is 1. The Bertz CT molecular complexity index is 406. The van der Waals surface area contributed by atoms with Gasteiger partial charge in [0.05, 0.1) is 6.61 Å². The second kappa shape index (κ2) is 7.95. The van der Waals surface area contributed by atoms with Crippen LogP contribution in [0.15, 0.2) is 24.3 Å². The molecule has 0 unspecified atom stereocenters. The summed E-state index contributed by atoms with van der Waals surface area (Å²) in [6.45, 7) is 14.3. The van der Waals surface area contributed by atoms with Crippen LogP contribution in [0.5, 0.6) is 0 Å². The Morgan fingerprint density at radius 3 is 1.90 bits per heavy atom. The van der Waals surface area contributed by atoms with Gasteiger partial charge in [0.1, 0.15) is 0 Å². The molecular formula is C19H33NO. The highest BCUT2D eigenvalue weighted by molar-refractivity contribution is 5.31. The maximum absolute atomic E-state index is 5.05. The second-order valence-corrected chi connectivity index (χ2v) is 7.19. The minimum Gasteiger partial charge on any atom is -0.383 e. The van der Waals surface area contributed by atoms with Gasteiger partial charge in [-0.15, -0.1) is 0 Å². The van der Waals surface area contributed by atoms with Crippen LogP contribution < -0.4 is 5.32 Å². The molecule has 1 aromatic carbocycles. The Morgan fingerprint density at radius 1 is 0.905 bits per heavy atom. The normalized spacial score (nSPS) is 12.7. The van der Waals surface area contributed by atoms with E-state index in [1.165, 1.54) is 17.5 Å². The van der Waals surface area contributed by atoms with E-state index in [1.54, 1.807) is 7.11 Å². The molecule has 0 spiro atoms. The third-order valence-corrected chi connectivity index (χ3v) is 4.74. The summed E-state index contributed by atoms with van der Waals surface area (Å²) in [5.41, 5.74) is 3.33. The number of hydrogen-bond donors (Lipinski definition) is 1. The van der Waals surface area contributed by atoms with E-state index in [9.17, 15) is 0 Å². The molecule has 21 heavy (non-hydrogen) atoms. The molecule has 1 aromatic rings. The van der Waals surface area contributed by atoms with Crippen molar-refractivity contribution in [3.05, 3.63) is 35.4 Å². The maximum atomic E-state index is 5.05. The van der Waals surface area contributed by atoms with Gasteiger partial charge in [0.2, 0.25) is 0 Å². The molecule has 0 atom stereocenters. The molecule has 0 fully saturated rings. The van der Waals surface area contributed by atoms with Crippen LogP contribution in [0.1, 0.15) is 58.6 Å². The van der Waals surface area contributed by atoms with Crippen molar-refractivity contribution in [1.82, 2.24) is 5.32 Å². The van der Waals surface area contributed by atoms with E-state index in [4.69, 9.17) is 4.74 Å². The zero-order valence-electron chi connectivity index (χ0n) is 14.8. The van der Waals surface area contributed by atoms with Crippen molar-refractivity contribution in [3.63, 3.8) is 0 Å². The molecule has 0 aliphatic rings. The maximum Gasteiger partial charge on any atom is 0.0587 e. The number of rotatable bonds is 9. The summed E-state index contributed by atoms with van der Waals surface area (Å²) in [5.74, 6) is 0.